The van der Waals surface area contributed by atoms with Crippen molar-refractivity contribution >= 4 is 52.1 Å². The molecule has 35 heavy (non-hydrogen) atoms. The van der Waals surface area contributed by atoms with Crippen LogP contribution in [-0.2, 0) is 17.9 Å². The van der Waals surface area contributed by atoms with Gasteiger partial charge in [0.15, 0.2) is 11.5 Å². The highest BCUT2D eigenvalue weighted by Crippen LogP contribution is 2.38. The molecule has 3 aromatic carbocycles. The van der Waals surface area contributed by atoms with Crippen molar-refractivity contribution in [2.24, 2.45) is 5.92 Å². The lowest BCUT2D eigenvalue weighted by molar-refractivity contribution is -0.116. The van der Waals surface area contributed by atoms with Gasteiger partial charge in [0, 0.05) is 24.3 Å². The smallest absolute Gasteiger partial charge is 0.224 e. The van der Waals surface area contributed by atoms with Crippen molar-refractivity contribution in [1.82, 2.24) is 0 Å². The van der Waals surface area contributed by atoms with E-state index in [0.29, 0.717) is 52.1 Å². The zero-order valence-corrected chi connectivity index (χ0v) is 22.2. The number of anilines is 2. The summed E-state index contributed by atoms with van der Waals surface area (Å²) in [5.41, 5.74) is 3.42. The molecule has 0 unspecified atom stereocenters. The molecule has 5 nitrogen and oxygen atoms in total. The number of carbonyl (C=O) groups excluding carboxylic acids is 1. The number of nitrogens with one attached hydrogen (secondary N) is 2. The first-order valence-corrected chi connectivity index (χ1v) is 12.5. The molecule has 0 fully saturated rings. The zero-order valence-electron chi connectivity index (χ0n) is 20.0. The second kappa shape index (κ2) is 12.9. The van der Waals surface area contributed by atoms with Crippen LogP contribution < -0.4 is 20.1 Å². The summed E-state index contributed by atoms with van der Waals surface area (Å²) in [6.07, 6.45) is 0.482. The summed E-state index contributed by atoms with van der Waals surface area (Å²) in [6.45, 7) is 7.18. The lowest BCUT2D eigenvalue weighted by Gasteiger charge is -2.16. The number of hydrogen-bond donors (Lipinski definition) is 2. The molecule has 1 amide bonds. The average Bonchev–Trinajstić information content (AvgIpc) is 2.79. The molecular weight excluding hydrogens is 507 g/mol. The Labute approximate surface area is 221 Å². The molecule has 0 aromatic heterocycles. The lowest BCUT2D eigenvalue weighted by atomic mass is 10.1. The van der Waals surface area contributed by atoms with Gasteiger partial charge in [-0.25, -0.2) is 0 Å². The number of amides is 1. The quantitative estimate of drug-likeness (QED) is 0.260. The minimum atomic E-state index is 0.00162. The van der Waals surface area contributed by atoms with Crippen molar-refractivity contribution < 1.29 is 14.3 Å². The Balaban J connectivity index is 1.69. The van der Waals surface area contributed by atoms with Crippen molar-refractivity contribution in [3.05, 3.63) is 80.8 Å². The maximum Gasteiger partial charge on any atom is 0.224 e. The van der Waals surface area contributed by atoms with E-state index in [4.69, 9.17) is 44.3 Å². The largest absolute Gasteiger partial charge is 0.490 e. The highest BCUT2D eigenvalue weighted by Gasteiger charge is 2.14. The zero-order chi connectivity index (χ0) is 25.4. The Morgan fingerprint density at radius 1 is 0.886 bits per heavy atom. The van der Waals surface area contributed by atoms with Crippen LogP contribution in [0.15, 0.2) is 54.6 Å². The SMILES string of the molecule is CCOc1cc(CNc2cccc(NC(=O)CC(C)C)c2)cc(Cl)c1OCc1ccc(Cl)c(Cl)c1. The number of halogens is 3. The van der Waals surface area contributed by atoms with Gasteiger partial charge < -0.3 is 20.1 Å². The highest BCUT2D eigenvalue weighted by atomic mass is 35.5. The number of ether oxygens (including phenoxy) is 2. The summed E-state index contributed by atoms with van der Waals surface area (Å²) in [6, 6.07) is 16.7. The molecule has 0 aliphatic heterocycles. The van der Waals surface area contributed by atoms with Crippen molar-refractivity contribution in [2.75, 3.05) is 17.2 Å². The fourth-order valence-corrected chi connectivity index (χ4v) is 4.01. The number of benzene rings is 3. The van der Waals surface area contributed by atoms with Gasteiger partial charge >= 0.3 is 0 Å². The molecular formula is C27H29Cl3N2O3. The van der Waals surface area contributed by atoms with Gasteiger partial charge in [-0.05, 0) is 66.4 Å². The normalized spacial score (nSPS) is 10.8. The average molecular weight is 536 g/mol. The first-order chi connectivity index (χ1) is 16.7. The van der Waals surface area contributed by atoms with E-state index >= 15 is 0 Å². The van der Waals surface area contributed by atoms with Crippen LogP contribution in [0, 0.1) is 5.92 Å². The molecule has 0 bridgehead atoms. The molecule has 0 radical (unpaired) electrons. The molecule has 2 N–H and O–H groups in total. The molecule has 8 heteroatoms. The van der Waals surface area contributed by atoms with Crippen molar-refractivity contribution in [3.63, 3.8) is 0 Å². The molecule has 0 heterocycles. The fourth-order valence-electron chi connectivity index (χ4n) is 3.41. The van der Waals surface area contributed by atoms with Gasteiger partial charge in [0.05, 0.1) is 21.7 Å². The van der Waals surface area contributed by atoms with Crippen LogP contribution in [0.2, 0.25) is 15.1 Å². The summed E-state index contributed by atoms with van der Waals surface area (Å²) < 4.78 is 11.8. The predicted octanol–water partition coefficient (Wildman–Crippen LogP) is 8.22. The summed E-state index contributed by atoms with van der Waals surface area (Å²) in [5, 5.41) is 7.71. The summed E-state index contributed by atoms with van der Waals surface area (Å²) in [5.74, 6) is 1.34. The molecule has 3 rings (SSSR count). The van der Waals surface area contributed by atoms with E-state index in [0.717, 1.165) is 22.5 Å². The van der Waals surface area contributed by atoms with E-state index < -0.39 is 0 Å². The molecule has 0 atom stereocenters. The van der Waals surface area contributed by atoms with Gasteiger partial charge in [-0.2, -0.15) is 0 Å². The monoisotopic (exact) mass is 534 g/mol. The fraction of sp³-hybridized carbons (Fsp3) is 0.296. The van der Waals surface area contributed by atoms with Crippen LogP contribution in [0.4, 0.5) is 11.4 Å². The van der Waals surface area contributed by atoms with Gasteiger partial charge in [-0.15, -0.1) is 0 Å². The third-order valence-electron chi connectivity index (χ3n) is 4.97. The Morgan fingerprint density at radius 3 is 2.34 bits per heavy atom. The van der Waals surface area contributed by atoms with E-state index in [1.165, 1.54) is 0 Å². The van der Waals surface area contributed by atoms with Crippen LogP contribution in [0.5, 0.6) is 11.5 Å². The van der Waals surface area contributed by atoms with Gasteiger partial charge in [0.2, 0.25) is 5.91 Å². The Bertz CT molecular complexity index is 1170. The summed E-state index contributed by atoms with van der Waals surface area (Å²) in [4.78, 5) is 12.1. The van der Waals surface area contributed by atoms with Crippen LogP contribution in [0.25, 0.3) is 0 Å². The Kier molecular flexibility index (Phi) is 9.96. The summed E-state index contributed by atoms with van der Waals surface area (Å²) >= 11 is 18.7. The molecule has 0 aliphatic rings. The maximum atomic E-state index is 12.1. The third kappa shape index (κ3) is 8.24. The Hall–Kier alpha value is -2.60. The maximum absolute atomic E-state index is 12.1. The van der Waals surface area contributed by atoms with Gasteiger partial charge in [-0.3, -0.25) is 4.79 Å². The van der Waals surface area contributed by atoms with E-state index in [1.54, 1.807) is 12.1 Å². The minimum absolute atomic E-state index is 0.00162. The van der Waals surface area contributed by atoms with Crippen LogP contribution in [0.1, 0.15) is 38.3 Å². The Morgan fingerprint density at radius 2 is 1.63 bits per heavy atom. The lowest BCUT2D eigenvalue weighted by Crippen LogP contribution is -2.13. The van der Waals surface area contributed by atoms with Gasteiger partial charge in [-0.1, -0.05) is 60.8 Å². The van der Waals surface area contributed by atoms with E-state index in [2.05, 4.69) is 10.6 Å². The van der Waals surface area contributed by atoms with Crippen molar-refractivity contribution in [1.29, 1.82) is 0 Å². The number of hydrogen-bond acceptors (Lipinski definition) is 4. The topological polar surface area (TPSA) is 59.6 Å². The van der Waals surface area contributed by atoms with Crippen LogP contribution in [0.3, 0.4) is 0 Å². The predicted molar refractivity (Wildman–Crippen MR) is 145 cm³/mol. The molecule has 0 spiro atoms. The van der Waals surface area contributed by atoms with E-state index in [-0.39, 0.29) is 12.5 Å². The number of rotatable bonds is 11. The molecule has 0 aliphatic carbocycles. The second-order valence-electron chi connectivity index (χ2n) is 8.46. The molecule has 0 saturated carbocycles. The first kappa shape index (κ1) is 27.0. The number of carbonyl (C=O) groups is 1. The second-order valence-corrected chi connectivity index (χ2v) is 9.68. The van der Waals surface area contributed by atoms with Crippen LogP contribution >= 0.6 is 34.8 Å². The molecule has 0 saturated heterocycles. The molecule has 3 aromatic rings. The van der Waals surface area contributed by atoms with Gasteiger partial charge in [0.25, 0.3) is 0 Å². The highest BCUT2D eigenvalue weighted by molar-refractivity contribution is 6.42. The van der Waals surface area contributed by atoms with Crippen LogP contribution in [-0.4, -0.2) is 12.5 Å². The first-order valence-electron chi connectivity index (χ1n) is 11.4. The van der Waals surface area contributed by atoms with E-state index in [9.17, 15) is 4.79 Å². The summed E-state index contributed by atoms with van der Waals surface area (Å²) in [7, 11) is 0. The molecule has 186 valence electrons. The third-order valence-corrected chi connectivity index (χ3v) is 5.99. The minimum Gasteiger partial charge on any atom is -0.490 e. The standard InChI is InChI=1S/C27H29Cl3N2O3/c1-4-34-25-13-19(12-24(30)27(25)35-16-18-8-9-22(28)23(29)11-18)15-31-20-6-5-7-21(14-20)32-26(33)10-17(2)3/h5-9,11-14,17,31H,4,10,15-16H2,1-3H3,(H,32,33). The van der Waals surface area contributed by atoms with Gasteiger partial charge in [0.1, 0.15) is 6.61 Å². The van der Waals surface area contributed by atoms with Crippen molar-refractivity contribution in [2.45, 2.75) is 40.3 Å². The van der Waals surface area contributed by atoms with Crippen molar-refractivity contribution in [3.8, 4) is 11.5 Å². The van der Waals surface area contributed by atoms with E-state index in [1.807, 2.05) is 63.2 Å².